The van der Waals surface area contributed by atoms with E-state index in [9.17, 15) is 9.59 Å². The lowest BCUT2D eigenvalue weighted by Crippen LogP contribution is -2.20. The van der Waals surface area contributed by atoms with E-state index in [1.54, 1.807) is 6.08 Å². The largest absolute Gasteiger partial charge is 0.286 e. The average molecular weight is 206 g/mol. The summed E-state index contributed by atoms with van der Waals surface area (Å²) in [6.07, 6.45) is 5.95. The van der Waals surface area contributed by atoms with Crippen LogP contribution < -0.4 is 0 Å². The van der Waals surface area contributed by atoms with Crippen molar-refractivity contribution < 1.29 is 9.59 Å². The summed E-state index contributed by atoms with van der Waals surface area (Å²) < 4.78 is 0. The molecule has 0 heterocycles. The number of carbonyl (C=O) groups is 2. The van der Waals surface area contributed by atoms with Gasteiger partial charge in [-0.15, -0.1) is 0 Å². The molecule has 0 saturated heterocycles. The van der Waals surface area contributed by atoms with Crippen molar-refractivity contribution in [3.8, 4) is 0 Å². The third-order valence-corrected chi connectivity index (χ3v) is 2.66. The van der Waals surface area contributed by atoms with E-state index in [-0.39, 0.29) is 11.6 Å². The molecule has 0 radical (unpaired) electrons. The molecule has 1 rings (SSSR count). The minimum Gasteiger partial charge on any atom is -0.286 e. The van der Waals surface area contributed by atoms with E-state index in [0.29, 0.717) is 5.92 Å². The Morgan fingerprint density at radius 2 is 1.87 bits per heavy atom. The van der Waals surface area contributed by atoms with E-state index >= 15 is 0 Å². The van der Waals surface area contributed by atoms with Gasteiger partial charge >= 0.3 is 0 Å². The SMILES string of the molecule is CCCCC1=C(C(C)C)C=CC(=O)C1=O. The number of rotatable bonds is 4. The van der Waals surface area contributed by atoms with Gasteiger partial charge in [-0.2, -0.15) is 0 Å². The topological polar surface area (TPSA) is 34.1 Å². The summed E-state index contributed by atoms with van der Waals surface area (Å²) in [5, 5.41) is 0. The fourth-order valence-corrected chi connectivity index (χ4v) is 1.77. The minimum absolute atomic E-state index is 0.297. The summed E-state index contributed by atoms with van der Waals surface area (Å²) >= 11 is 0. The third kappa shape index (κ3) is 2.65. The fraction of sp³-hybridized carbons (Fsp3) is 0.538. The molecule has 15 heavy (non-hydrogen) atoms. The number of unbranched alkanes of at least 4 members (excludes halogenated alkanes) is 1. The van der Waals surface area contributed by atoms with Crippen molar-refractivity contribution in [3.63, 3.8) is 0 Å². The van der Waals surface area contributed by atoms with E-state index in [2.05, 4.69) is 20.8 Å². The molecule has 0 amide bonds. The molecule has 0 aromatic heterocycles. The van der Waals surface area contributed by atoms with Crippen molar-refractivity contribution in [2.75, 3.05) is 0 Å². The monoisotopic (exact) mass is 206 g/mol. The lowest BCUT2D eigenvalue weighted by Gasteiger charge is -2.16. The van der Waals surface area contributed by atoms with Gasteiger partial charge in [0.2, 0.25) is 11.6 Å². The number of allylic oxidation sites excluding steroid dienone is 4. The Morgan fingerprint density at radius 1 is 1.20 bits per heavy atom. The third-order valence-electron chi connectivity index (χ3n) is 2.66. The molecule has 0 spiro atoms. The smallest absolute Gasteiger partial charge is 0.229 e. The van der Waals surface area contributed by atoms with Crippen molar-refractivity contribution in [2.45, 2.75) is 40.0 Å². The molecule has 1 aliphatic rings. The molecule has 0 atom stereocenters. The first-order chi connectivity index (χ1) is 7.07. The van der Waals surface area contributed by atoms with Gasteiger partial charge in [0, 0.05) is 5.57 Å². The quantitative estimate of drug-likeness (QED) is 0.523. The molecular formula is C13H18O2. The predicted molar refractivity (Wildman–Crippen MR) is 60.5 cm³/mol. The molecule has 1 aliphatic carbocycles. The highest BCUT2D eigenvalue weighted by Gasteiger charge is 2.24. The van der Waals surface area contributed by atoms with E-state index in [1.165, 1.54) is 6.08 Å². The first-order valence-electron chi connectivity index (χ1n) is 5.57. The van der Waals surface area contributed by atoms with E-state index < -0.39 is 0 Å². The van der Waals surface area contributed by atoms with Crippen molar-refractivity contribution in [1.29, 1.82) is 0 Å². The van der Waals surface area contributed by atoms with Crippen molar-refractivity contribution in [1.82, 2.24) is 0 Å². The first-order valence-corrected chi connectivity index (χ1v) is 5.57. The van der Waals surface area contributed by atoms with E-state index in [0.717, 1.165) is 30.4 Å². The molecule has 0 N–H and O–H groups in total. The maximum Gasteiger partial charge on any atom is 0.229 e. The highest BCUT2D eigenvalue weighted by molar-refractivity contribution is 6.48. The Kier molecular flexibility index (Phi) is 4.01. The van der Waals surface area contributed by atoms with Crippen LogP contribution in [0.25, 0.3) is 0 Å². The van der Waals surface area contributed by atoms with Crippen LogP contribution in [0.2, 0.25) is 0 Å². The van der Waals surface area contributed by atoms with Gasteiger partial charge in [0.15, 0.2) is 0 Å². The number of hydrogen-bond acceptors (Lipinski definition) is 2. The summed E-state index contributed by atoms with van der Waals surface area (Å²) in [4.78, 5) is 23.0. The molecule has 0 unspecified atom stereocenters. The van der Waals surface area contributed by atoms with Gasteiger partial charge in [0.05, 0.1) is 0 Å². The van der Waals surface area contributed by atoms with Crippen LogP contribution in [0.1, 0.15) is 40.0 Å². The fourth-order valence-electron chi connectivity index (χ4n) is 1.77. The Hall–Kier alpha value is -1.18. The van der Waals surface area contributed by atoms with Crippen LogP contribution in [-0.2, 0) is 9.59 Å². The zero-order valence-corrected chi connectivity index (χ0v) is 9.67. The molecular weight excluding hydrogens is 188 g/mol. The van der Waals surface area contributed by atoms with Gasteiger partial charge in [0.25, 0.3) is 0 Å². The second-order valence-corrected chi connectivity index (χ2v) is 4.22. The Bertz CT molecular complexity index is 332. The highest BCUT2D eigenvalue weighted by Crippen LogP contribution is 2.25. The minimum atomic E-state index is -0.370. The van der Waals surface area contributed by atoms with Crippen LogP contribution in [0.3, 0.4) is 0 Å². The molecule has 2 heteroatoms. The molecule has 0 aromatic carbocycles. The van der Waals surface area contributed by atoms with Crippen LogP contribution in [0.15, 0.2) is 23.3 Å². The van der Waals surface area contributed by atoms with Gasteiger partial charge in [-0.1, -0.05) is 33.3 Å². The van der Waals surface area contributed by atoms with Crippen LogP contribution in [0, 0.1) is 5.92 Å². The zero-order chi connectivity index (χ0) is 11.4. The van der Waals surface area contributed by atoms with Gasteiger partial charge in [-0.25, -0.2) is 0 Å². The summed E-state index contributed by atoms with van der Waals surface area (Å²) in [5.41, 5.74) is 1.77. The molecule has 82 valence electrons. The molecule has 0 bridgehead atoms. The molecule has 0 saturated carbocycles. The van der Waals surface area contributed by atoms with Gasteiger partial charge in [0.1, 0.15) is 0 Å². The van der Waals surface area contributed by atoms with Crippen molar-refractivity contribution in [3.05, 3.63) is 23.3 Å². The van der Waals surface area contributed by atoms with Crippen LogP contribution in [0.5, 0.6) is 0 Å². The summed E-state index contributed by atoms with van der Waals surface area (Å²) in [5.74, 6) is -0.356. The van der Waals surface area contributed by atoms with Crippen molar-refractivity contribution >= 4 is 11.6 Å². The first kappa shape index (κ1) is 11.9. The second kappa shape index (κ2) is 5.06. The lowest BCUT2D eigenvalue weighted by atomic mass is 9.86. The average Bonchev–Trinajstić information content (AvgIpc) is 2.19. The van der Waals surface area contributed by atoms with Crippen LogP contribution in [0.4, 0.5) is 0 Å². The van der Waals surface area contributed by atoms with Crippen molar-refractivity contribution in [2.24, 2.45) is 5.92 Å². The number of Topliss-reactive ketones (excluding diaryl/α,β-unsaturated/α-hetero) is 1. The maximum atomic E-state index is 11.7. The standard InChI is InChI=1S/C13H18O2/c1-4-5-6-11-10(9(2)3)7-8-12(14)13(11)15/h7-9H,4-6H2,1-3H3. The summed E-state index contributed by atoms with van der Waals surface area (Å²) in [7, 11) is 0. The Labute approximate surface area is 91.1 Å². The number of hydrogen-bond donors (Lipinski definition) is 0. The maximum absolute atomic E-state index is 11.7. The highest BCUT2D eigenvalue weighted by atomic mass is 16.2. The van der Waals surface area contributed by atoms with Crippen LogP contribution >= 0.6 is 0 Å². The molecule has 0 fully saturated rings. The Balaban J connectivity index is 3.00. The lowest BCUT2D eigenvalue weighted by molar-refractivity contribution is -0.131. The summed E-state index contributed by atoms with van der Waals surface area (Å²) in [6, 6.07) is 0. The summed E-state index contributed by atoms with van der Waals surface area (Å²) in [6.45, 7) is 6.18. The normalized spacial score (nSPS) is 16.8. The zero-order valence-electron chi connectivity index (χ0n) is 9.67. The van der Waals surface area contributed by atoms with Gasteiger partial charge in [-0.05, 0) is 30.4 Å². The molecule has 0 aromatic rings. The van der Waals surface area contributed by atoms with Crippen LogP contribution in [-0.4, -0.2) is 11.6 Å². The molecule has 2 nitrogen and oxygen atoms in total. The number of carbonyl (C=O) groups excluding carboxylic acids is 2. The number of ketones is 2. The van der Waals surface area contributed by atoms with E-state index in [4.69, 9.17) is 0 Å². The van der Waals surface area contributed by atoms with E-state index in [1.807, 2.05) is 0 Å². The molecule has 0 aliphatic heterocycles. The van der Waals surface area contributed by atoms with Gasteiger partial charge in [-0.3, -0.25) is 9.59 Å². The van der Waals surface area contributed by atoms with Gasteiger partial charge < -0.3 is 0 Å². The Morgan fingerprint density at radius 3 is 2.40 bits per heavy atom. The second-order valence-electron chi connectivity index (χ2n) is 4.22. The predicted octanol–water partition coefficient (Wildman–Crippen LogP) is 2.84.